The molecule has 0 unspecified atom stereocenters. The van der Waals surface area contributed by atoms with E-state index in [2.05, 4.69) is 20.6 Å². The molecule has 0 radical (unpaired) electrons. The topological polar surface area (TPSA) is 122 Å². The van der Waals surface area contributed by atoms with Crippen molar-refractivity contribution in [2.45, 2.75) is 25.6 Å². The smallest absolute Gasteiger partial charge is 0.421 e. The minimum atomic E-state index is -4.59. The monoisotopic (exact) mass is 399 g/mol. The second-order valence-electron chi connectivity index (χ2n) is 5.79. The Balaban J connectivity index is 2.29. The van der Waals surface area contributed by atoms with Crippen LogP contribution in [0.15, 0.2) is 24.4 Å². The molecule has 0 saturated heterocycles. The van der Waals surface area contributed by atoms with Gasteiger partial charge in [-0.05, 0) is 31.0 Å². The van der Waals surface area contributed by atoms with Gasteiger partial charge in [-0.2, -0.15) is 18.2 Å². The number of benzene rings is 1. The van der Waals surface area contributed by atoms with Gasteiger partial charge in [0, 0.05) is 12.7 Å². The molecule has 1 heterocycles. The molecule has 152 valence electrons. The number of nitrogens with one attached hydrogen (secondary N) is 2. The van der Waals surface area contributed by atoms with Crippen molar-refractivity contribution >= 4 is 23.4 Å². The molecule has 0 aliphatic rings. The molecule has 0 saturated carbocycles. The maximum absolute atomic E-state index is 13.0. The summed E-state index contributed by atoms with van der Waals surface area (Å²) < 4.78 is 44.4. The van der Waals surface area contributed by atoms with Crippen molar-refractivity contribution in [1.29, 1.82) is 0 Å². The van der Waals surface area contributed by atoms with E-state index in [9.17, 15) is 18.0 Å². The summed E-state index contributed by atoms with van der Waals surface area (Å²) in [6, 6.07) is 3.73. The molecule has 1 atom stereocenters. The number of aliphatic carboxylic acids is 1. The number of carbonyl (C=O) groups is 1. The third-order valence-electron chi connectivity index (χ3n) is 3.72. The van der Waals surface area contributed by atoms with Crippen LogP contribution in [0.5, 0.6) is 5.75 Å². The van der Waals surface area contributed by atoms with Crippen LogP contribution < -0.4 is 21.1 Å². The van der Waals surface area contributed by atoms with Gasteiger partial charge in [-0.25, -0.2) is 4.98 Å². The SMILES string of the molecule is CCNc1nc(Nc2ccc(C[C@H](N)C(=O)O)cc2OC)ncc1C(F)(F)F. The molecule has 0 aliphatic heterocycles. The first-order valence-corrected chi connectivity index (χ1v) is 8.26. The predicted octanol–water partition coefficient (Wildman–Crippen LogP) is 2.63. The molecule has 0 amide bonds. The number of hydrogen-bond acceptors (Lipinski definition) is 7. The van der Waals surface area contributed by atoms with Crippen LogP contribution in [0, 0.1) is 0 Å². The van der Waals surface area contributed by atoms with Crippen molar-refractivity contribution in [3.63, 3.8) is 0 Å². The standard InChI is InChI=1S/C17H20F3N5O3/c1-3-22-14-10(17(18,19)20)8-23-16(25-14)24-12-5-4-9(7-13(12)28-2)6-11(21)15(26)27/h4-5,7-8,11H,3,6,21H2,1-2H3,(H,26,27)(H2,22,23,24,25)/t11-/m0/s1. The van der Waals surface area contributed by atoms with Gasteiger partial charge in [0.15, 0.2) is 0 Å². The normalized spacial score (nSPS) is 12.4. The molecular formula is C17H20F3N5O3. The quantitative estimate of drug-likeness (QED) is 0.534. The van der Waals surface area contributed by atoms with Crippen LogP contribution in [0.1, 0.15) is 18.1 Å². The summed E-state index contributed by atoms with van der Waals surface area (Å²) in [4.78, 5) is 18.5. The van der Waals surface area contributed by atoms with Crippen LogP contribution >= 0.6 is 0 Å². The van der Waals surface area contributed by atoms with Gasteiger partial charge in [0.2, 0.25) is 5.95 Å². The molecule has 0 fully saturated rings. The Hall–Kier alpha value is -3.08. The van der Waals surface area contributed by atoms with E-state index in [1.165, 1.54) is 7.11 Å². The maximum atomic E-state index is 13.0. The first kappa shape index (κ1) is 21.2. The fraction of sp³-hybridized carbons (Fsp3) is 0.353. The summed E-state index contributed by atoms with van der Waals surface area (Å²) >= 11 is 0. The highest BCUT2D eigenvalue weighted by atomic mass is 19.4. The Kier molecular flexibility index (Phi) is 6.62. The highest BCUT2D eigenvalue weighted by Gasteiger charge is 2.35. The number of carboxylic acid groups (broad SMARTS) is 1. The summed E-state index contributed by atoms with van der Waals surface area (Å²) in [5, 5.41) is 14.3. The number of nitrogens with two attached hydrogens (primary N) is 1. The largest absolute Gasteiger partial charge is 0.495 e. The number of ether oxygens (including phenoxy) is 1. The van der Waals surface area contributed by atoms with E-state index in [0.29, 0.717) is 23.2 Å². The molecule has 1 aromatic heterocycles. The highest BCUT2D eigenvalue weighted by Crippen LogP contribution is 2.34. The maximum Gasteiger partial charge on any atom is 0.421 e. The summed E-state index contributed by atoms with van der Waals surface area (Å²) in [5.41, 5.74) is 5.58. The van der Waals surface area contributed by atoms with Crippen LogP contribution in [-0.4, -0.2) is 40.7 Å². The Morgan fingerprint density at radius 2 is 2.11 bits per heavy atom. The molecular weight excluding hydrogens is 379 g/mol. The number of carboxylic acids is 1. The van der Waals surface area contributed by atoms with Gasteiger partial charge < -0.3 is 26.2 Å². The lowest BCUT2D eigenvalue weighted by Crippen LogP contribution is -2.32. The molecule has 2 rings (SSSR count). The lowest BCUT2D eigenvalue weighted by molar-refractivity contribution is -0.139. The molecule has 11 heteroatoms. The third kappa shape index (κ3) is 5.22. The van der Waals surface area contributed by atoms with E-state index < -0.39 is 23.8 Å². The number of halogens is 3. The second kappa shape index (κ2) is 8.74. The fourth-order valence-corrected chi connectivity index (χ4v) is 2.38. The van der Waals surface area contributed by atoms with E-state index in [4.69, 9.17) is 15.6 Å². The van der Waals surface area contributed by atoms with E-state index in [0.717, 1.165) is 0 Å². The molecule has 0 spiro atoms. The molecule has 0 aliphatic carbocycles. The Morgan fingerprint density at radius 3 is 2.68 bits per heavy atom. The zero-order valence-corrected chi connectivity index (χ0v) is 15.2. The number of nitrogens with zero attached hydrogens (tertiary/aromatic N) is 2. The van der Waals surface area contributed by atoms with E-state index in [1.807, 2.05) is 0 Å². The van der Waals surface area contributed by atoms with Crippen LogP contribution in [0.2, 0.25) is 0 Å². The van der Waals surface area contributed by atoms with Crippen LogP contribution in [0.4, 0.5) is 30.6 Å². The van der Waals surface area contributed by atoms with Crippen LogP contribution in [0.3, 0.4) is 0 Å². The first-order chi connectivity index (χ1) is 13.2. The highest BCUT2D eigenvalue weighted by molar-refractivity contribution is 5.73. The third-order valence-corrected chi connectivity index (χ3v) is 3.72. The number of anilines is 3. The van der Waals surface area contributed by atoms with E-state index in [-0.39, 0.29) is 24.7 Å². The van der Waals surface area contributed by atoms with Gasteiger partial charge >= 0.3 is 12.1 Å². The van der Waals surface area contributed by atoms with Gasteiger partial charge in [0.05, 0.1) is 12.8 Å². The summed E-state index contributed by atoms with van der Waals surface area (Å²) in [5.74, 6) is -1.19. The predicted molar refractivity (Wildman–Crippen MR) is 96.8 cm³/mol. The number of rotatable bonds is 8. The number of alkyl halides is 3. The van der Waals surface area contributed by atoms with Gasteiger partial charge in [0.1, 0.15) is 23.2 Å². The summed E-state index contributed by atoms with van der Waals surface area (Å²) in [7, 11) is 1.40. The van der Waals surface area contributed by atoms with Gasteiger partial charge in [-0.3, -0.25) is 4.79 Å². The molecule has 5 N–H and O–H groups in total. The van der Waals surface area contributed by atoms with Crippen LogP contribution in [-0.2, 0) is 17.4 Å². The zero-order valence-electron chi connectivity index (χ0n) is 15.2. The van der Waals surface area contributed by atoms with Gasteiger partial charge in [0.25, 0.3) is 0 Å². The van der Waals surface area contributed by atoms with Crippen molar-refractivity contribution in [3.05, 3.63) is 35.5 Å². The van der Waals surface area contributed by atoms with Crippen molar-refractivity contribution in [2.75, 3.05) is 24.3 Å². The number of methoxy groups -OCH3 is 1. The van der Waals surface area contributed by atoms with E-state index >= 15 is 0 Å². The minimum absolute atomic E-state index is 0.0581. The second-order valence-corrected chi connectivity index (χ2v) is 5.79. The molecule has 2 aromatic rings. The number of aromatic nitrogens is 2. The minimum Gasteiger partial charge on any atom is -0.495 e. The molecule has 8 nitrogen and oxygen atoms in total. The first-order valence-electron chi connectivity index (χ1n) is 8.26. The lowest BCUT2D eigenvalue weighted by Gasteiger charge is -2.15. The average Bonchev–Trinajstić information content (AvgIpc) is 2.62. The van der Waals surface area contributed by atoms with Crippen molar-refractivity contribution < 1.29 is 27.8 Å². The van der Waals surface area contributed by atoms with Crippen molar-refractivity contribution in [1.82, 2.24) is 9.97 Å². The van der Waals surface area contributed by atoms with Crippen LogP contribution in [0.25, 0.3) is 0 Å². The molecule has 28 heavy (non-hydrogen) atoms. The Morgan fingerprint density at radius 1 is 1.39 bits per heavy atom. The van der Waals surface area contributed by atoms with E-state index in [1.54, 1.807) is 25.1 Å². The lowest BCUT2D eigenvalue weighted by atomic mass is 10.1. The molecule has 1 aromatic carbocycles. The average molecular weight is 399 g/mol. The van der Waals surface area contributed by atoms with Crippen molar-refractivity contribution in [3.8, 4) is 5.75 Å². The summed E-state index contributed by atoms with van der Waals surface area (Å²) in [6.45, 7) is 1.90. The Labute approximate surface area is 158 Å². The fourth-order valence-electron chi connectivity index (χ4n) is 2.38. The zero-order chi connectivity index (χ0) is 20.9. The van der Waals surface area contributed by atoms with Gasteiger partial charge in [-0.1, -0.05) is 6.07 Å². The summed E-state index contributed by atoms with van der Waals surface area (Å²) in [6.07, 6.45) is -3.80. The van der Waals surface area contributed by atoms with Crippen molar-refractivity contribution in [2.24, 2.45) is 5.73 Å². The Bertz CT molecular complexity index is 845. The number of hydrogen-bond donors (Lipinski definition) is 4. The van der Waals surface area contributed by atoms with Gasteiger partial charge in [-0.15, -0.1) is 0 Å². The molecule has 0 bridgehead atoms.